The number of hydrogen-bond donors (Lipinski definition) is 2. The quantitative estimate of drug-likeness (QED) is 0.231. The lowest BCUT2D eigenvalue weighted by Crippen LogP contribution is -2.40. The number of nitrogens with one attached hydrogen (secondary N) is 2. The molecule has 5 nitrogen and oxygen atoms in total. The molecule has 2 aliphatic carbocycles. The molecule has 0 aliphatic heterocycles. The molecule has 2 saturated carbocycles. The second-order valence-electron chi connectivity index (χ2n) is 6.05. The normalized spacial score (nSPS) is 18.2. The van der Waals surface area contributed by atoms with Crippen LogP contribution in [-0.2, 0) is 4.74 Å². The van der Waals surface area contributed by atoms with E-state index in [0.29, 0.717) is 0 Å². The zero-order valence-electron chi connectivity index (χ0n) is 14.1. The van der Waals surface area contributed by atoms with Gasteiger partial charge < -0.3 is 15.4 Å². The highest BCUT2D eigenvalue weighted by molar-refractivity contribution is 14.0. The molecule has 2 aliphatic rings. The molecule has 0 aromatic carbocycles. The van der Waals surface area contributed by atoms with Gasteiger partial charge in [-0.25, -0.2) is 0 Å². The minimum atomic E-state index is 0. The van der Waals surface area contributed by atoms with Crippen molar-refractivity contribution in [2.75, 3.05) is 45.9 Å². The lowest BCUT2D eigenvalue weighted by Gasteiger charge is -2.21. The SMILES string of the molecule is CCNC(=NCCN(CC1CC1)C1CC1)NCCOCC.I. The molecular formula is C16H33IN4O. The Labute approximate surface area is 152 Å². The summed E-state index contributed by atoms with van der Waals surface area (Å²) in [6.45, 7) is 10.6. The number of guanidine groups is 1. The molecule has 0 amide bonds. The molecule has 130 valence electrons. The smallest absolute Gasteiger partial charge is 0.191 e. The van der Waals surface area contributed by atoms with Crippen LogP contribution in [0.5, 0.6) is 0 Å². The highest BCUT2D eigenvalue weighted by Crippen LogP contribution is 2.34. The summed E-state index contributed by atoms with van der Waals surface area (Å²) in [7, 11) is 0. The lowest BCUT2D eigenvalue weighted by atomic mass is 10.3. The summed E-state index contributed by atoms with van der Waals surface area (Å²) in [5.74, 6) is 1.89. The monoisotopic (exact) mass is 424 g/mol. The molecule has 0 aromatic heterocycles. The van der Waals surface area contributed by atoms with Crippen LogP contribution in [-0.4, -0.2) is 62.8 Å². The zero-order valence-corrected chi connectivity index (χ0v) is 16.5. The van der Waals surface area contributed by atoms with Crippen LogP contribution in [0.3, 0.4) is 0 Å². The van der Waals surface area contributed by atoms with Gasteiger partial charge in [-0.2, -0.15) is 0 Å². The fourth-order valence-electron chi connectivity index (χ4n) is 2.51. The maximum atomic E-state index is 5.34. The topological polar surface area (TPSA) is 48.9 Å². The van der Waals surface area contributed by atoms with Gasteiger partial charge in [-0.1, -0.05) is 0 Å². The molecule has 0 heterocycles. The third kappa shape index (κ3) is 8.53. The summed E-state index contributed by atoms with van der Waals surface area (Å²) >= 11 is 0. The van der Waals surface area contributed by atoms with Crippen molar-refractivity contribution >= 4 is 29.9 Å². The number of nitrogens with zero attached hydrogens (tertiary/aromatic N) is 2. The van der Waals surface area contributed by atoms with E-state index in [1.54, 1.807) is 0 Å². The molecule has 0 atom stereocenters. The van der Waals surface area contributed by atoms with Crippen molar-refractivity contribution in [2.24, 2.45) is 10.9 Å². The largest absolute Gasteiger partial charge is 0.380 e. The first-order valence-electron chi connectivity index (χ1n) is 8.67. The molecule has 0 spiro atoms. The van der Waals surface area contributed by atoms with Gasteiger partial charge in [0.15, 0.2) is 5.96 Å². The number of ether oxygens (including phenoxy) is 1. The Morgan fingerprint density at radius 3 is 2.55 bits per heavy atom. The zero-order chi connectivity index (χ0) is 14.9. The highest BCUT2D eigenvalue weighted by Gasteiger charge is 2.33. The maximum Gasteiger partial charge on any atom is 0.191 e. The van der Waals surface area contributed by atoms with E-state index in [9.17, 15) is 0 Å². The highest BCUT2D eigenvalue weighted by atomic mass is 127. The Hall–Kier alpha value is -0.0800. The van der Waals surface area contributed by atoms with Crippen LogP contribution in [0.1, 0.15) is 39.5 Å². The van der Waals surface area contributed by atoms with Crippen LogP contribution in [0.2, 0.25) is 0 Å². The van der Waals surface area contributed by atoms with Crippen molar-refractivity contribution in [3.8, 4) is 0 Å². The van der Waals surface area contributed by atoms with Gasteiger partial charge in [0.25, 0.3) is 0 Å². The molecule has 2 rings (SSSR count). The summed E-state index contributed by atoms with van der Waals surface area (Å²) in [4.78, 5) is 7.34. The third-order valence-corrected chi connectivity index (χ3v) is 4.00. The third-order valence-electron chi connectivity index (χ3n) is 4.00. The van der Waals surface area contributed by atoms with E-state index < -0.39 is 0 Å². The average Bonchev–Trinajstić information content (AvgIpc) is 3.36. The fraction of sp³-hybridized carbons (Fsp3) is 0.938. The Bertz CT molecular complexity index is 319. The van der Waals surface area contributed by atoms with Crippen molar-refractivity contribution in [3.63, 3.8) is 0 Å². The van der Waals surface area contributed by atoms with E-state index >= 15 is 0 Å². The fourth-order valence-corrected chi connectivity index (χ4v) is 2.51. The molecule has 0 aromatic rings. The molecular weight excluding hydrogens is 391 g/mol. The van der Waals surface area contributed by atoms with Gasteiger partial charge in [-0.15, -0.1) is 24.0 Å². The van der Waals surface area contributed by atoms with E-state index in [4.69, 9.17) is 4.74 Å². The molecule has 2 fully saturated rings. The molecule has 0 radical (unpaired) electrons. The Kier molecular flexibility index (Phi) is 10.4. The molecule has 2 N–H and O–H groups in total. The molecule has 0 unspecified atom stereocenters. The van der Waals surface area contributed by atoms with E-state index in [1.165, 1.54) is 32.2 Å². The average molecular weight is 424 g/mol. The lowest BCUT2D eigenvalue weighted by molar-refractivity contribution is 0.152. The maximum absolute atomic E-state index is 5.34. The van der Waals surface area contributed by atoms with Gasteiger partial charge in [-0.3, -0.25) is 9.89 Å². The van der Waals surface area contributed by atoms with Gasteiger partial charge in [0.05, 0.1) is 13.2 Å². The van der Waals surface area contributed by atoms with Crippen LogP contribution in [0.15, 0.2) is 4.99 Å². The number of halogens is 1. The van der Waals surface area contributed by atoms with Gasteiger partial charge in [0.1, 0.15) is 0 Å². The standard InChI is InChI=1S/C16H32N4O.HI/c1-3-17-16(19-10-12-21-4-2)18-9-11-20(15-7-8-15)13-14-5-6-14;/h14-15H,3-13H2,1-2H3,(H2,17,18,19);1H. The van der Waals surface area contributed by atoms with E-state index in [2.05, 4.69) is 27.4 Å². The summed E-state index contributed by atoms with van der Waals surface area (Å²) in [5, 5.41) is 6.62. The van der Waals surface area contributed by atoms with Crippen molar-refractivity contribution in [2.45, 2.75) is 45.6 Å². The first-order chi connectivity index (χ1) is 10.3. The Morgan fingerprint density at radius 1 is 1.18 bits per heavy atom. The van der Waals surface area contributed by atoms with Crippen molar-refractivity contribution in [1.29, 1.82) is 0 Å². The number of aliphatic imine (C=N–C) groups is 1. The minimum Gasteiger partial charge on any atom is -0.380 e. The van der Waals surface area contributed by atoms with Gasteiger partial charge in [0.2, 0.25) is 0 Å². The Morgan fingerprint density at radius 2 is 1.95 bits per heavy atom. The number of hydrogen-bond acceptors (Lipinski definition) is 3. The summed E-state index contributed by atoms with van der Waals surface area (Å²) in [6, 6.07) is 0.856. The first kappa shape index (κ1) is 20.0. The molecule has 0 bridgehead atoms. The summed E-state index contributed by atoms with van der Waals surface area (Å²) in [6.07, 6.45) is 5.66. The molecule has 0 saturated heterocycles. The van der Waals surface area contributed by atoms with Crippen molar-refractivity contribution in [1.82, 2.24) is 15.5 Å². The number of rotatable bonds is 11. The van der Waals surface area contributed by atoms with E-state index in [-0.39, 0.29) is 24.0 Å². The van der Waals surface area contributed by atoms with Gasteiger partial charge in [0, 0.05) is 38.8 Å². The van der Waals surface area contributed by atoms with Crippen LogP contribution < -0.4 is 10.6 Å². The first-order valence-corrected chi connectivity index (χ1v) is 8.67. The summed E-state index contributed by atoms with van der Waals surface area (Å²) < 4.78 is 5.34. The Balaban J connectivity index is 0.00000242. The minimum absolute atomic E-state index is 0. The van der Waals surface area contributed by atoms with Gasteiger partial charge >= 0.3 is 0 Å². The van der Waals surface area contributed by atoms with Crippen molar-refractivity contribution in [3.05, 3.63) is 0 Å². The second-order valence-corrected chi connectivity index (χ2v) is 6.05. The predicted molar refractivity (Wildman–Crippen MR) is 103 cm³/mol. The predicted octanol–water partition coefficient (Wildman–Crippen LogP) is 2.07. The van der Waals surface area contributed by atoms with Crippen LogP contribution in [0.4, 0.5) is 0 Å². The van der Waals surface area contributed by atoms with Crippen LogP contribution >= 0.6 is 24.0 Å². The van der Waals surface area contributed by atoms with Crippen LogP contribution in [0.25, 0.3) is 0 Å². The molecule has 22 heavy (non-hydrogen) atoms. The second kappa shape index (κ2) is 11.5. The van der Waals surface area contributed by atoms with E-state index in [1.807, 2.05) is 6.92 Å². The van der Waals surface area contributed by atoms with Crippen molar-refractivity contribution < 1.29 is 4.74 Å². The van der Waals surface area contributed by atoms with Gasteiger partial charge in [-0.05, 0) is 45.4 Å². The van der Waals surface area contributed by atoms with E-state index in [0.717, 1.165) is 57.3 Å². The van der Waals surface area contributed by atoms with Crippen LogP contribution in [0, 0.1) is 5.92 Å². The molecule has 6 heteroatoms. The summed E-state index contributed by atoms with van der Waals surface area (Å²) in [5.41, 5.74) is 0.